The highest BCUT2D eigenvalue weighted by Crippen LogP contribution is 2.32. The van der Waals surface area contributed by atoms with Crippen LogP contribution < -0.4 is 15.2 Å². The lowest BCUT2D eigenvalue weighted by molar-refractivity contribution is 0.174. The Kier molecular flexibility index (Phi) is 5.52. The predicted octanol–water partition coefficient (Wildman–Crippen LogP) is 3.59. The van der Waals surface area contributed by atoms with Gasteiger partial charge in [0.1, 0.15) is 0 Å². The van der Waals surface area contributed by atoms with Gasteiger partial charge in [-0.25, -0.2) is 0 Å². The second-order valence-corrected chi connectivity index (χ2v) is 5.17. The zero-order chi connectivity index (χ0) is 14.7. The Hall–Kier alpha value is -1.91. The van der Waals surface area contributed by atoms with E-state index in [4.69, 9.17) is 26.8 Å². The van der Waals surface area contributed by atoms with E-state index in [0.29, 0.717) is 23.8 Å². The number of ether oxygens (including phenoxy) is 2. The summed E-state index contributed by atoms with van der Waals surface area (Å²) in [5.74, 6) is 2.09. The predicted molar refractivity (Wildman–Crippen MR) is 90.3 cm³/mol. The molecule has 0 saturated carbocycles. The molecule has 116 valence electrons. The summed E-state index contributed by atoms with van der Waals surface area (Å²) >= 11 is 6.09. The highest BCUT2D eigenvalue weighted by molar-refractivity contribution is 6.31. The molecule has 0 bridgehead atoms. The lowest BCUT2D eigenvalue weighted by Gasteiger charge is -2.04. The number of nitrogens with two attached hydrogens (primary N) is 1. The molecule has 0 fully saturated rings. The van der Waals surface area contributed by atoms with Crippen LogP contribution >= 0.6 is 24.0 Å². The molecule has 1 aliphatic heterocycles. The van der Waals surface area contributed by atoms with Crippen molar-refractivity contribution in [3.05, 3.63) is 58.6 Å². The maximum Gasteiger partial charge on any atom is 0.231 e. The third-order valence-corrected chi connectivity index (χ3v) is 3.60. The zero-order valence-corrected chi connectivity index (χ0v) is 13.4. The first-order chi connectivity index (χ1) is 10.2. The van der Waals surface area contributed by atoms with Crippen LogP contribution in [-0.4, -0.2) is 12.6 Å². The summed E-state index contributed by atoms with van der Waals surface area (Å²) in [6.45, 7) is 0.755. The molecule has 0 unspecified atom stereocenters. The number of rotatable bonds is 4. The Morgan fingerprint density at radius 3 is 2.73 bits per heavy atom. The molecule has 0 saturated heterocycles. The standard InChI is InChI=1S/C16H15ClN2O2.ClH/c17-13-4-2-1-3-12(13)9-19-16(18)8-11-5-6-14-15(7-11)21-10-20-14;/h1-7H,8-10H2,(H2,18,19);1H. The number of benzene rings is 2. The Morgan fingerprint density at radius 2 is 1.91 bits per heavy atom. The Bertz CT molecular complexity index is 690. The molecule has 4 nitrogen and oxygen atoms in total. The molecule has 0 spiro atoms. The fourth-order valence-corrected chi connectivity index (χ4v) is 2.32. The third kappa shape index (κ3) is 3.84. The molecule has 3 rings (SSSR count). The third-order valence-electron chi connectivity index (χ3n) is 3.23. The Labute approximate surface area is 140 Å². The summed E-state index contributed by atoms with van der Waals surface area (Å²) in [6, 6.07) is 13.4. The van der Waals surface area contributed by atoms with Gasteiger partial charge in [-0.05, 0) is 29.3 Å². The number of aliphatic imine (C=N–C) groups is 1. The molecule has 2 aromatic carbocycles. The van der Waals surface area contributed by atoms with Crippen LogP contribution in [0.4, 0.5) is 0 Å². The molecule has 6 heteroatoms. The molecule has 2 N–H and O–H groups in total. The molecule has 0 radical (unpaired) electrons. The quantitative estimate of drug-likeness (QED) is 0.684. The summed E-state index contributed by atoms with van der Waals surface area (Å²) in [4.78, 5) is 4.38. The largest absolute Gasteiger partial charge is 0.454 e. The van der Waals surface area contributed by atoms with Crippen LogP contribution in [-0.2, 0) is 13.0 Å². The fourth-order valence-electron chi connectivity index (χ4n) is 2.13. The minimum Gasteiger partial charge on any atom is -0.454 e. The number of halogens is 2. The maximum atomic E-state index is 6.09. The van der Waals surface area contributed by atoms with Crippen LogP contribution in [0.2, 0.25) is 5.02 Å². The van der Waals surface area contributed by atoms with Crippen LogP contribution in [0.5, 0.6) is 11.5 Å². The SMILES string of the molecule is Cl.NC(Cc1ccc2c(c1)OCO2)=NCc1ccccc1Cl. The highest BCUT2D eigenvalue weighted by Gasteiger charge is 2.13. The van der Waals surface area contributed by atoms with Gasteiger partial charge in [-0.2, -0.15) is 0 Å². The van der Waals surface area contributed by atoms with Crippen LogP contribution in [0.1, 0.15) is 11.1 Å². The van der Waals surface area contributed by atoms with Gasteiger partial charge >= 0.3 is 0 Å². The summed E-state index contributed by atoms with van der Waals surface area (Å²) in [6.07, 6.45) is 0.571. The second kappa shape index (κ2) is 7.38. The van der Waals surface area contributed by atoms with E-state index in [2.05, 4.69) is 4.99 Å². The first-order valence-electron chi connectivity index (χ1n) is 6.63. The van der Waals surface area contributed by atoms with Crippen molar-refractivity contribution in [2.45, 2.75) is 13.0 Å². The summed E-state index contributed by atoms with van der Waals surface area (Å²) in [5, 5.41) is 0.706. The summed E-state index contributed by atoms with van der Waals surface area (Å²) in [7, 11) is 0. The normalized spacial score (nSPS) is 12.9. The monoisotopic (exact) mass is 338 g/mol. The molecule has 22 heavy (non-hydrogen) atoms. The lowest BCUT2D eigenvalue weighted by atomic mass is 10.1. The molecule has 1 heterocycles. The molecule has 1 aliphatic rings. The number of hydrogen-bond acceptors (Lipinski definition) is 3. The van der Waals surface area contributed by atoms with E-state index in [-0.39, 0.29) is 19.2 Å². The van der Waals surface area contributed by atoms with Crippen molar-refractivity contribution in [3.8, 4) is 11.5 Å². The van der Waals surface area contributed by atoms with Crippen molar-refractivity contribution in [3.63, 3.8) is 0 Å². The van der Waals surface area contributed by atoms with Crippen molar-refractivity contribution in [1.82, 2.24) is 0 Å². The van der Waals surface area contributed by atoms with E-state index in [1.165, 1.54) is 0 Å². The van der Waals surface area contributed by atoms with E-state index in [1.54, 1.807) is 0 Å². The zero-order valence-electron chi connectivity index (χ0n) is 11.8. The van der Waals surface area contributed by atoms with Crippen LogP contribution in [0.15, 0.2) is 47.5 Å². The van der Waals surface area contributed by atoms with E-state index in [0.717, 1.165) is 22.6 Å². The average Bonchev–Trinajstić information content (AvgIpc) is 2.94. The second-order valence-electron chi connectivity index (χ2n) is 4.76. The van der Waals surface area contributed by atoms with Crippen molar-refractivity contribution >= 4 is 29.8 Å². The minimum absolute atomic E-state index is 0. The number of hydrogen-bond donors (Lipinski definition) is 1. The Balaban J connectivity index is 0.00000176. The summed E-state index contributed by atoms with van der Waals surface area (Å²) in [5.41, 5.74) is 7.99. The van der Waals surface area contributed by atoms with Gasteiger partial charge in [-0.1, -0.05) is 35.9 Å². The van der Waals surface area contributed by atoms with E-state index in [9.17, 15) is 0 Å². The topological polar surface area (TPSA) is 56.8 Å². The number of fused-ring (bicyclic) bond motifs is 1. The summed E-state index contributed by atoms with van der Waals surface area (Å²) < 4.78 is 10.6. The van der Waals surface area contributed by atoms with Gasteiger partial charge in [-0.3, -0.25) is 4.99 Å². The van der Waals surface area contributed by atoms with Crippen molar-refractivity contribution in [2.75, 3.05) is 6.79 Å². The van der Waals surface area contributed by atoms with E-state index >= 15 is 0 Å². The first-order valence-corrected chi connectivity index (χ1v) is 7.01. The average molecular weight is 339 g/mol. The smallest absolute Gasteiger partial charge is 0.231 e. The van der Waals surface area contributed by atoms with Crippen molar-refractivity contribution < 1.29 is 9.47 Å². The van der Waals surface area contributed by atoms with E-state index in [1.807, 2.05) is 42.5 Å². The van der Waals surface area contributed by atoms with Gasteiger partial charge in [0.15, 0.2) is 11.5 Å². The minimum atomic E-state index is 0. The van der Waals surface area contributed by atoms with Gasteiger partial charge in [0.25, 0.3) is 0 Å². The number of amidine groups is 1. The van der Waals surface area contributed by atoms with Gasteiger partial charge in [-0.15, -0.1) is 12.4 Å². The number of nitrogens with zero attached hydrogens (tertiary/aromatic N) is 1. The van der Waals surface area contributed by atoms with Gasteiger partial charge in [0.05, 0.1) is 12.4 Å². The fraction of sp³-hybridized carbons (Fsp3) is 0.188. The first kappa shape index (κ1) is 16.5. The molecular weight excluding hydrogens is 323 g/mol. The van der Waals surface area contributed by atoms with Gasteiger partial charge < -0.3 is 15.2 Å². The van der Waals surface area contributed by atoms with Crippen LogP contribution in [0, 0.1) is 0 Å². The van der Waals surface area contributed by atoms with Crippen molar-refractivity contribution in [1.29, 1.82) is 0 Å². The molecular formula is C16H16Cl2N2O2. The van der Waals surface area contributed by atoms with Crippen LogP contribution in [0.25, 0.3) is 0 Å². The molecule has 2 aromatic rings. The van der Waals surface area contributed by atoms with Gasteiger partial charge in [0, 0.05) is 11.4 Å². The Morgan fingerprint density at radius 1 is 1.14 bits per heavy atom. The molecule has 0 aliphatic carbocycles. The lowest BCUT2D eigenvalue weighted by Crippen LogP contribution is -2.15. The highest BCUT2D eigenvalue weighted by atomic mass is 35.5. The molecule has 0 amide bonds. The van der Waals surface area contributed by atoms with Crippen molar-refractivity contribution in [2.24, 2.45) is 10.7 Å². The van der Waals surface area contributed by atoms with Crippen LogP contribution in [0.3, 0.4) is 0 Å². The molecule has 0 aromatic heterocycles. The maximum absolute atomic E-state index is 6.09. The van der Waals surface area contributed by atoms with E-state index < -0.39 is 0 Å². The molecule has 0 atom stereocenters. The van der Waals surface area contributed by atoms with Gasteiger partial charge in [0.2, 0.25) is 6.79 Å².